The predicted molar refractivity (Wildman–Crippen MR) is 111 cm³/mol. The van der Waals surface area contributed by atoms with Crippen molar-refractivity contribution in [1.29, 1.82) is 0 Å². The zero-order valence-corrected chi connectivity index (χ0v) is 15.9. The van der Waals surface area contributed by atoms with Gasteiger partial charge in [0.1, 0.15) is 17.2 Å². The summed E-state index contributed by atoms with van der Waals surface area (Å²) in [5, 5.41) is 6.16. The number of hydrogen-bond acceptors (Lipinski definition) is 4. The van der Waals surface area contributed by atoms with Gasteiger partial charge < -0.3 is 20.1 Å². The van der Waals surface area contributed by atoms with E-state index < -0.39 is 0 Å². The van der Waals surface area contributed by atoms with Gasteiger partial charge in [0.05, 0.1) is 7.11 Å². The summed E-state index contributed by atoms with van der Waals surface area (Å²) >= 11 is 0. The van der Waals surface area contributed by atoms with E-state index in [-0.39, 0.29) is 5.91 Å². The molecule has 28 heavy (non-hydrogen) atoms. The standard InChI is InChI=1S/C23H24N2O3/c1-27-22-10-6-5-7-18(22)17-24-16-15-23(26)25-19-11-13-21(14-12-19)28-20-8-3-2-4-9-20/h2-14,24H,15-17H2,1H3,(H,25,26). The number of amides is 1. The fourth-order valence-electron chi connectivity index (χ4n) is 2.73. The molecule has 1 amide bonds. The van der Waals surface area contributed by atoms with Crippen molar-refractivity contribution in [2.75, 3.05) is 19.0 Å². The van der Waals surface area contributed by atoms with E-state index in [0.717, 1.165) is 28.5 Å². The Kier molecular flexibility index (Phi) is 7.04. The van der Waals surface area contributed by atoms with E-state index in [1.165, 1.54) is 0 Å². The minimum atomic E-state index is -0.0377. The molecule has 0 aliphatic rings. The van der Waals surface area contributed by atoms with Gasteiger partial charge in [0.15, 0.2) is 0 Å². The molecular weight excluding hydrogens is 352 g/mol. The third-order valence-corrected chi connectivity index (χ3v) is 4.15. The monoisotopic (exact) mass is 376 g/mol. The molecule has 0 aliphatic heterocycles. The molecule has 5 nitrogen and oxygen atoms in total. The SMILES string of the molecule is COc1ccccc1CNCCC(=O)Nc1ccc(Oc2ccccc2)cc1. The Balaban J connectivity index is 1.41. The van der Waals surface area contributed by atoms with E-state index in [9.17, 15) is 4.79 Å². The molecule has 0 unspecified atom stereocenters. The van der Waals surface area contributed by atoms with Crippen LogP contribution in [0.2, 0.25) is 0 Å². The van der Waals surface area contributed by atoms with Gasteiger partial charge in [-0.2, -0.15) is 0 Å². The average molecular weight is 376 g/mol. The Bertz CT molecular complexity index is 880. The fraction of sp³-hybridized carbons (Fsp3) is 0.174. The van der Waals surface area contributed by atoms with E-state index in [1.807, 2.05) is 78.9 Å². The highest BCUT2D eigenvalue weighted by Crippen LogP contribution is 2.22. The molecule has 0 saturated heterocycles. The lowest BCUT2D eigenvalue weighted by atomic mass is 10.2. The van der Waals surface area contributed by atoms with E-state index in [1.54, 1.807) is 7.11 Å². The Morgan fingerprint density at radius 1 is 0.857 bits per heavy atom. The Hall–Kier alpha value is -3.31. The maximum Gasteiger partial charge on any atom is 0.225 e. The fourth-order valence-corrected chi connectivity index (χ4v) is 2.73. The third-order valence-electron chi connectivity index (χ3n) is 4.15. The number of methoxy groups -OCH3 is 1. The van der Waals surface area contributed by atoms with Crippen LogP contribution < -0.4 is 20.1 Å². The molecule has 0 saturated carbocycles. The van der Waals surface area contributed by atoms with Crippen molar-refractivity contribution in [2.24, 2.45) is 0 Å². The summed E-state index contributed by atoms with van der Waals surface area (Å²) in [6.45, 7) is 1.24. The highest BCUT2D eigenvalue weighted by Gasteiger charge is 2.05. The summed E-state index contributed by atoms with van der Waals surface area (Å²) in [6.07, 6.45) is 0.386. The molecule has 0 spiro atoms. The van der Waals surface area contributed by atoms with Crippen LogP contribution in [0.25, 0.3) is 0 Å². The zero-order valence-electron chi connectivity index (χ0n) is 15.9. The van der Waals surface area contributed by atoms with Gasteiger partial charge in [-0.05, 0) is 42.5 Å². The smallest absolute Gasteiger partial charge is 0.225 e. The summed E-state index contributed by atoms with van der Waals surface area (Å²) in [5.41, 5.74) is 1.81. The maximum atomic E-state index is 12.1. The largest absolute Gasteiger partial charge is 0.496 e. The lowest BCUT2D eigenvalue weighted by molar-refractivity contribution is -0.116. The van der Waals surface area contributed by atoms with Crippen LogP contribution in [0.15, 0.2) is 78.9 Å². The van der Waals surface area contributed by atoms with Gasteiger partial charge in [-0.1, -0.05) is 36.4 Å². The number of nitrogens with one attached hydrogen (secondary N) is 2. The molecule has 3 aromatic carbocycles. The number of rotatable bonds is 9. The highest BCUT2D eigenvalue weighted by molar-refractivity contribution is 5.90. The van der Waals surface area contributed by atoms with Gasteiger partial charge in [0, 0.05) is 30.8 Å². The van der Waals surface area contributed by atoms with Crippen LogP contribution in [0.1, 0.15) is 12.0 Å². The molecule has 2 N–H and O–H groups in total. The van der Waals surface area contributed by atoms with Gasteiger partial charge in [-0.15, -0.1) is 0 Å². The molecule has 0 radical (unpaired) electrons. The van der Waals surface area contributed by atoms with Crippen molar-refractivity contribution < 1.29 is 14.3 Å². The van der Waals surface area contributed by atoms with Crippen LogP contribution in [0.4, 0.5) is 5.69 Å². The van der Waals surface area contributed by atoms with Crippen LogP contribution in [0.3, 0.4) is 0 Å². The molecule has 3 rings (SSSR count). The second-order valence-electron chi connectivity index (χ2n) is 6.23. The number of carbonyl (C=O) groups excluding carboxylic acids is 1. The first kappa shape index (κ1) is 19.5. The molecule has 0 atom stereocenters. The highest BCUT2D eigenvalue weighted by atomic mass is 16.5. The molecule has 0 heterocycles. The molecule has 144 valence electrons. The minimum absolute atomic E-state index is 0.0377. The van der Waals surface area contributed by atoms with Crippen molar-refractivity contribution in [3.63, 3.8) is 0 Å². The Morgan fingerprint density at radius 3 is 2.29 bits per heavy atom. The molecule has 5 heteroatoms. The number of hydrogen-bond donors (Lipinski definition) is 2. The summed E-state index contributed by atoms with van der Waals surface area (Å²) < 4.78 is 11.1. The van der Waals surface area contributed by atoms with Crippen LogP contribution in [0, 0.1) is 0 Å². The topological polar surface area (TPSA) is 59.6 Å². The van der Waals surface area contributed by atoms with Gasteiger partial charge in [0.2, 0.25) is 5.91 Å². The van der Waals surface area contributed by atoms with Crippen LogP contribution >= 0.6 is 0 Å². The summed E-state index contributed by atoms with van der Waals surface area (Å²) in [6, 6.07) is 24.8. The quantitative estimate of drug-likeness (QED) is 0.536. The summed E-state index contributed by atoms with van der Waals surface area (Å²) in [5.74, 6) is 2.31. The number of carbonyl (C=O) groups is 1. The summed E-state index contributed by atoms with van der Waals surface area (Å²) in [7, 11) is 1.66. The van der Waals surface area contributed by atoms with Crippen LogP contribution in [-0.4, -0.2) is 19.6 Å². The number of ether oxygens (including phenoxy) is 2. The van der Waals surface area contributed by atoms with Gasteiger partial charge in [-0.25, -0.2) is 0 Å². The van der Waals surface area contributed by atoms with Crippen molar-refractivity contribution in [3.8, 4) is 17.2 Å². The average Bonchev–Trinajstić information content (AvgIpc) is 2.74. The van der Waals surface area contributed by atoms with E-state index in [2.05, 4.69) is 10.6 Å². The first-order valence-electron chi connectivity index (χ1n) is 9.20. The number of benzene rings is 3. The second-order valence-corrected chi connectivity index (χ2v) is 6.23. The van der Waals surface area contributed by atoms with Crippen LogP contribution in [-0.2, 0) is 11.3 Å². The molecule has 0 aromatic heterocycles. The lowest BCUT2D eigenvalue weighted by Gasteiger charge is -2.10. The molecule has 0 bridgehead atoms. The first-order chi connectivity index (χ1) is 13.7. The number of para-hydroxylation sites is 2. The van der Waals surface area contributed by atoms with Gasteiger partial charge in [0.25, 0.3) is 0 Å². The summed E-state index contributed by atoms with van der Waals surface area (Å²) in [4.78, 5) is 12.1. The van der Waals surface area contributed by atoms with Crippen molar-refractivity contribution in [3.05, 3.63) is 84.4 Å². The molecule has 0 aliphatic carbocycles. The van der Waals surface area contributed by atoms with Crippen molar-refractivity contribution in [2.45, 2.75) is 13.0 Å². The van der Waals surface area contributed by atoms with E-state index in [4.69, 9.17) is 9.47 Å². The van der Waals surface area contributed by atoms with Gasteiger partial charge in [-0.3, -0.25) is 4.79 Å². The molecule has 3 aromatic rings. The van der Waals surface area contributed by atoms with E-state index >= 15 is 0 Å². The van der Waals surface area contributed by atoms with Gasteiger partial charge >= 0.3 is 0 Å². The Labute approximate surface area is 165 Å². The third kappa shape index (κ3) is 5.86. The molecule has 0 fully saturated rings. The first-order valence-corrected chi connectivity index (χ1v) is 9.20. The van der Waals surface area contributed by atoms with E-state index in [0.29, 0.717) is 19.5 Å². The zero-order chi connectivity index (χ0) is 19.6. The van der Waals surface area contributed by atoms with Crippen molar-refractivity contribution >= 4 is 11.6 Å². The molecular formula is C23H24N2O3. The second kappa shape index (κ2) is 10.1. The number of anilines is 1. The Morgan fingerprint density at radius 2 is 1.54 bits per heavy atom. The normalized spacial score (nSPS) is 10.3. The predicted octanol–water partition coefficient (Wildman–Crippen LogP) is 4.61. The van der Waals surface area contributed by atoms with Crippen molar-refractivity contribution in [1.82, 2.24) is 5.32 Å². The minimum Gasteiger partial charge on any atom is -0.496 e. The lowest BCUT2D eigenvalue weighted by Crippen LogP contribution is -2.21. The van der Waals surface area contributed by atoms with Crippen LogP contribution in [0.5, 0.6) is 17.2 Å². The maximum absolute atomic E-state index is 12.1.